The van der Waals surface area contributed by atoms with E-state index >= 15 is 0 Å². The first kappa shape index (κ1) is 15.8. The quantitative estimate of drug-likeness (QED) is 0.869. The molecule has 1 saturated heterocycles. The molecule has 2 atom stereocenters. The van der Waals surface area contributed by atoms with E-state index in [9.17, 15) is 4.79 Å². The lowest BCUT2D eigenvalue weighted by Gasteiger charge is -2.30. The van der Waals surface area contributed by atoms with E-state index < -0.39 is 0 Å². The van der Waals surface area contributed by atoms with Crippen LogP contribution in [0.1, 0.15) is 31.1 Å². The second kappa shape index (κ2) is 6.91. The summed E-state index contributed by atoms with van der Waals surface area (Å²) >= 11 is 0. The number of benzene rings is 1. The van der Waals surface area contributed by atoms with Gasteiger partial charge in [-0.1, -0.05) is 6.07 Å². The molecule has 0 aromatic heterocycles. The first-order valence-electron chi connectivity index (χ1n) is 7.35. The average Bonchev–Trinajstić information content (AvgIpc) is 2.86. The lowest BCUT2D eigenvalue weighted by atomic mass is 10.1. The van der Waals surface area contributed by atoms with E-state index in [1.807, 2.05) is 37.8 Å². The molecule has 1 heterocycles. The summed E-state index contributed by atoms with van der Waals surface area (Å²) in [7, 11) is 1.66. The molecule has 2 unspecified atom stereocenters. The van der Waals surface area contributed by atoms with Crippen molar-refractivity contribution in [3.8, 4) is 5.75 Å². The maximum Gasteiger partial charge on any atom is 0.238 e. The number of hydrogen-bond acceptors (Lipinski definition) is 4. The van der Waals surface area contributed by atoms with E-state index in [0.717, 1.165) is 16.9 Å². The van der Waals surface area contributed by atoms with Crippen LogP contribution in [0.2, 0.25) is 0 Å². The van der Waals surface area contributed by atoms with E-state index in [4.69, 9.17) is 9.47 Å². The van der Waals surface area contributed by atoms with Crippen molar-refractivity contribution in [2.75, 3.05) is 26.9 Å². The van der Waals surface area contributed by atoms with Crippen LogP contribution in [0.4, 0.5) is 0 Å². The Morgan fingerprint density at radius 1 is 1.48 bits per heavy atom. The van der Waals surface area contributed by atoms with Gasteiger partial charge >= 0.3 is 0 Å². The minimum atomic E-state index is -0.0995. The van der Waals surface area contributed by atoms with Crippen LogP contribution < -0.4 is 10.1 Å². The molecular formula is C16H24N2O3. The number of ether oxygens (including phenoxy) is 2. The van der Waals surface area contributed by atoms with Gasteiger partial charge in [-0.25, -0.2) is 0 Å². The summed E-state index contributed by atoms with van der Waals surface area (Å²) in [6, 6.07) is 6.05. The Morgan fingerprint density at radius 2 is 2.24 bits per heavy atom. The third-order valence-corrected chi connectivity index (χ3v) is 3.79. The fraction of sp³-hybridized carbons (Fsp3) is 0.562. The Morgan fingerprint density at radius 3 is 2.86 bits per heavy atom. The third-order valence-electron chi connectivity index (χ3n) is 3.79. The summed E-state index contributed by atoms with van der Waals surface area (Å²) in [5.41, 5.74) is 2.14. The minimum absolute atomic E-state index is 0.0415. The van der Waals surface area contributed by atoms with Gasteiger partial charge < -0.3 is 14.4 Å². The van der Waals surface area contributed by atoms with E-state index in [2.05, 4.69) is 11.4 Å². The first-order valence-corrected chi connectivity index (χ1v) is 7.35. The molecular weight excluding hydrogens is 268 g/mol. The van der Waals surface area contributed by atoms with Gasteiger partial charge in [-0.15, -0.1) is 0 Å². The van der Waals surface area contributed by atoms with Crippen LogP contribution in [0.25, 0.3) is 0 Å². The maximum absolute atomic E-state index is 12.2. The Kier molecular flexibility index (Phi) is 5.20. The highest BCUT2D eigenvalue weighted by atomic mass is 16.5. The molecule has 0 radical (unpaired) electrons. The molecule has 0 aliphatic carbocycles. The predicted octanol–water partition coefficient (Wildman–Crippen LogP) is 1.86. The highest BCUT2D eigenvalue weighted by molar-refractivity contribution is 5.81. The fourth-order valence-electron chi connectivity index (χ4n) is 2.74. The van der Waals surface area contributed by atoms with Crippen molar-refractivity contribution in [3.63, 3.8) is 0 Å². The number of methoxy groups -OCH3 is 1. The Hall–Kier alpha value is -1.59. The highest BCUT2D eigenvalue weighted by Crippen LogP contribution is 2.28. The van der Waals surface area contributed by atoms with Crippen molar-refractivity contribution in [2.45, 2.75) is 33.0 Å². The van der Waals surface area contributed by atoms with Crippen molar-refractivity contribution in [2.24, 2.45) is 0 Å². The number of rotatable bonds is 6. The van der Waals surface area contributed by atoms with E-state index in [0.29, 0.717) is 19.8 Å². The third kappa shape index (κ3) is 3.36. The molecule has 116 valence electrons. The lowest BCUT2D eigenvalue weighted by molar-refractivity contribution is -0.131. The van der Waals surface area contributed by atoms with Gasteiger partial charge in [0.05, 0.1) is 26.3 Å². The molecule has 1 fully saturated rings. The zero-order valence-corrected chi connectivity index (χ0v) is 13.2. The van der Waals surface area contributed by atoms with Crippen molar-refractivity contribution in [1.82, 2.24) is 10.2 Å². The van der Waals surface area contributed by atoms with Gasteiger partial charge in [0.2, 0.25) is 5.91 Å². The van der Waals surface area contributed by atoms with Crippen LogP contribution in [0.15, 0.2) is 18.2 Å². The molecule has 1 aliphatic heterocycles. The van der Waals surface area contributed by atoms with Gasteiger partial charge in [0.25, 0.3) is 0 Å². The molecule has 0 saturated carbocycles. The van der Waals surface area contributed by atoms with Gasteiger partial charge in [0.15, 0.2) is 0 Å². The summed E-state index contributed by atoms with van der Waals surface area (Å²) in [6.45, 7) is 7.56. The van der Waals surface area contributed by atoms with Crippen LogP contribution >= 0.6 is 0 Å². The number of nitrogens with zero attached hydrogens (tertiary/aromatic N) is 1. The summed E-state index contributed by atoms with van der Waals surface area (Å²) in [5.74, 6) is 0.970. The summed E-state index contributed by atoms with van der Waals surface area (Å²) in [5, 5.41) is 3.27. The van der Waals surface area contributed by atoms with Crippen molar-refractivity contribution in [3.05, 3.63) is 29.3 Å². The molecule has 1 aromatic carbocycles. The van der Waals surface area contributed by atoms with Gasteiger partial charge in [0, 0.05) is 6.61 Å². The standard InChI is InChI=1S/C16H24N2O3/c1-5-21-10-12(3)18-15(19)9-17-16(18)13-6-7-14(20-4)11(2)8-13/h6-8,12,16-17H,5,9-10H2,1-4H3. The van der Waals surface area contributed by atoms with Gasteiger partial charge in [-0.05, 0) is 44.0 Å². The molecule has 1 N–H and O–H groups in total. The largest absolute Gasteiger partial charge is 0.496 e. The van der Waals surface area contributed by atoms with E-state index in [1.54, 1.807) is 7.11 Å². The predicted molar refractivity (Wildman–Crippen MR) is 81.3 cm³/mol. The molecule has 1 amide bonds. The van der Waals surface area contributed by atoms with Gasteiger partial charge in [0.1, 0.15) is 11.9 Å². The summed E-state index contributed by atoms with van der Waals surface area (Å²) in [6.07, 6.45) is -0.0995. The number of nitrogens with one attached hydrogen (secondary N) is 1. The second-order valence-corrected chi connectivity index (χ2v) is 5.32. The number of aryl methyl sites for hydroxylation is 1. The Balaban J connectivity index is 2.20. The minimum Gasteiger partial charge on any atom is -0.496 e. The number of carbonyl (C=O) groups excluding carboxylic acids is 1. The lowest BCUT2D eigenvalue weighted by Crippen LogP contribution is -2.40. The molecule has 0 spiro atoms. The smallest absolute Gasteiger partial charge is 0.238 e. The van der Waals surface area contributed by atoms with Crippen LogP contribution in [0.3, 0.4) is 0 Å². The van der Waals surface area contributed by atoms with Gasteiger partial charge in [-0.2, -0.15) is 0 Å². The average molecular weight is 292 g/mol. The van der Waals surface area contributed by atoms with E-state index in [-0.39, 0.29) is 18.1 Å². The maximum atomic E-state index is 12.2. The zero-order chi connectivity index (χ0) is 15.4. The normalized spacial score (nSPS) is 19.9. The molecule has 0 bridgehead atoms. The van der Waals surface area contributed by atoms with Crippen molar-refractivity contribution >= 4 is 5.91 Å². The SMILES string of the molecule is CCOCC(C)N1C(=O)CNC1c1ccc(OC)c(C)c1. The molecule has 5 nitrogen and oxygen atoms in total. The topological polar surface area (TPSA) is 50.8 Å². The number of amides is 1. The molecule has 5 heteroatoms. The Labute approximate surface area is 126 Å². The summed E-state index contributed by atoms with van der Waals surface area (Å²) < 4.78 is 10.7. The molecule has 21 heavy (non-hydrogen) atoms. The van der Waals surface area contributed by atoms with Crippen molar-refractivity contribution < 1.29 is 14.3 Å². The molecule has 1 aromatic rings. The van der Waals surface area contributed by atoms with Crippen LogP contribution in [0.5, 0.6) is 5.75 Å². The zero-order valence-electron chi connectivity index (χ0n) is 13.2. The monoisotopic (exact) mass is 292 g/mol. The molecule has 2 rings (SSSR count). The fourth-order valence-corrected chi connectivity index (χ4v) is 2.74. The van der Waals surface area contributed by atoms with Crippen LogP contribution in [-0.2, 0) is 9.53 Å². The number of hydrogen-bond donors (Lipinski definition) is 1. The summed E-state index contributed by atoms with van der Waals surface area (Å²) in [4.78, 5) is 14.0. The van der Waals surface area contributed by atoms with Gasteiger partial charge in [-0.3, -0.25) is 10.1 Å². The van der Waals surface area contributed by atoms with E-state index in [1.165, 1.54) is 0 Å². The highest BCUT2D eigenvalue weighted by Gasteiger charge is 2.35. The van der Waals surface area contributed by atoms with Crippen LogP contribution in [0, 0.1) is 6.92 Å². The second-order valence-electron chi connectivity index (χ2n) is 5.32. The van der Waals surface area contributed by atoms with Crippen LogP contribution in [-0.4, -0.2) is 43.7 Å². The Bertz CT molecular complexity index is 504. The number of carbonyl (C=O) groups is 1. The molecule has 1 aliphatic rings. The van der Waals surface area contributed by atoms with Crippen molar-refractivity contribution in [1.29, 1.82) is 0 Å². The first-order chi connectivity index (χ1) is 10.1.